The molecule has 1 aromatic heterocycles. The van der Waals surface area contributed by atoms with Gasteiger partial charge in [-0.3, -0.25) is 4.79 Å². The molecule has 0 radical (unpaired) electrons. The monoisotopic (exact) mass is 372 g/mol. The van der Waals surface area contributed by atoms with Gasteiger partial charge >= 0.3 is 0 Å². The van der Waals surface area contributed by atoms with Crippen LogP contribution >= 0.6 is 11.6 Å². The maximum absolute atomic E-state index is 11.5. The third-order valence-corrected chi connectivity index (χ3v) is 4.53. The summed E-state index contributed by atoms with van der Waals surface area (Å²) in [5.74, 6) is -0.469. The first kappa shape index (κ1) is 18.4. The van der Waals surface area contributed by atoms with Crippen LogP contribution in [-0.4, -0.2) is 38.4 Å². The Morgan fingerprint density at radius 2 is 2.12 bits per heavy atom. The Hall–Kier alpha value is -2.44. The first-order valence-corrected chi connectivity index (χ1v) is 8.82. The van der Waals surface area contributed by atoms with Gasteiger partial charge in [0.15, 0.2) is 0 Å². The number of H-pyrrole nitrogens is 1. The van der Waals surface area contributed by atoms with Gasteiger partial charge in [-0.05, 0) is 22.6 Å². The fraction of sp³-hybridized carbons (Fsp3) is 0.316. The van der Waals surface area contributed by atoms with E-state index in [0.29, 0.717) is 16.7 Å². The molecule has 6 nitrogen and oxygen atoms in total. The van der Waals surface area contributed by atoms with Crippen LogP contribution in [0, 0.1) is 5.41 Å². The Bertz CT molecular complexity index is 934. The Morgan fingerprint density at radius 1 is 1.35 bits per heavy atom. The number of benzene rings is 1. The Morgan fingerprint density at radius 3 is 2.81 bits per heavy atom. The molecule has 1 aliphatic rings. The number of hydrogen-bond acceptors (Lipinski definition) is 4. The number of alkyl halides is 1. The number of aromatic nitrogens is 3. The van der Waals surface area contributed by atoms with Crippen molar-refractivity contribution in [3.8, 4) is 0 Å². The summed E-state index contributed by atoms with van der Waals surface area (Å²) >= 11 is 5.54. The first-order valence-electron chi connectivity index (χ1n) is 8.28. The van der Waals surface area contributed by atoms with Crippen LogP contribution in [0.2, 0.25) is 0 Å². The third kappa shape index (κ3) is 3.57. The van der Waals surface area contributed by atoms with Crippen molar-refractivity contribution < 1.29 is 9.90 Å². The Balaban J connectivity index is 2.11. The minimum Gasteiger partial charge on any atom is -0.384 e. The second kappa shape index (κ2) is 7.05. The van der Waals surface area contributed by atoms with E-state index in [0.717, 1.165) is 16.7 Å². The Labute approximate surface area is 156 Å². The number of aromatic amines is 1. The zero-order chi connectivity index (χ0) is 18.9. The summed E-state index contributed by atoms with van der Waals surface area (Å²) in [5, 5.41) is 24.5. The zero-order valence-corrected chi connectivity index (χ0v) is 15.6. The van der Waals surface area contributed by atoms with Crippen LogP contribution in [0.5, 0.6) is 0 Å². The van der Waals surface area contributed by atoms with E-state index in [9.17, 15) is 9.90 Å². The highest BCUT2D eigenvalue weighted by Crippen LogP contribution is 2.38. The topological polar surface area (TPSA) is 90.9 Å². The normalized spacial score (nSPS) is 19.4. The molecule has 1 aromatic carbocycles. The lowest BCUT2D eigenvalue weighted by Gasteiger charge is -2.29. The average Bonchev–Trinajstić information content (AvgIpc) is 3.08. The van der Waals surface area contributed by atoms with Crippen LogP contribution in [0.25, 0.3) is 16.6 Å². The lowest BCUT2D eigenvalue weighted by atomic mass is 9.78. The van der Waals surface area contributed by atoms with Gasteiger partial charge in [-0.15, -0.1) is 11.6 Å². The van der Waals surface area contributed by atoms with Crippen molar-refractivity contribution >= 4 is 34.1 Å². The molecule has 0 bridgehead atoms. The van der Waals surface area contributed by atoms with Crippen molar-refractivity contribution in [3.63, 3.8) is 0 Å². The number of carbonyl (C=O) groups excluding carboxylic acids is 1. The predicted octanol–water partition coefficient (Wildman–Crippen LogP) is 2.93. The molecule has 2 aromatic rings. The number of aliphatic hydroxyl groups is 1. The summed E-state index contributed by atoms with van der Waals surface area (Å²) < 4.78 is 0. The predicted molar refractivity (Wildman–Crippen MR) is 102 cm³/mol. The maximum Gasteiger partial charge on any atom is 0.238 e. The highest BCUT2D eigenvalue weighted by molar-refractivity contribution is 6.27. The summed E-state index contributed by atoms with van der Waals surface area (Å²) in [6.07, 6.45) is 4.48. The van der Waals surface area contributed by atoms with E-state index in [1.807, 2.05) is 30.4 Å². The number of fused-ring (bicyclic) bond motifs is 1. The first-order chi connectivity index (χ1) is 12.3. The van der Waals surface area contributed by atoms with Crippen LogP contribution in [-0.2, 0) is 4.79 Å². The van der Waals surface area contributed by atoms with Crippen LogP contribution in [0.1, 0.15) is 26.3 Å². The molecule has 26 heavy (non-hydrogen) atoms. The number of allylic oxidation sites excluding steroid dienone is 2. The van der Waals surface area contributed by atoms with Crippen LogP contribution in [0.3, 0.4) is 0 Å². The van der Waals surface area contributed by atoms with Gasteiger partial charge in [0, 0.05) is 17.3 Å². The van der Waals surface area contributed by atoms with Crippen molar-refractivity contribution in [2.75, 3.05) is 5.88 Å². The number of halogens is 1. The molecule has 0 spiro atoms. The highest BCUT2D eigenvalue weighted by atomic mass is 35.5. The smallest absolute Gasteiger partial charge is 0.238 e. The highest BCUT2D eigenvalue weighted by Gasteiger charge is 2.27. The molecule has 0 saturated heterocycles. The fourth-order valence-electron chi connectivity index (χ4n) is 2.81. The van der Waals surface area contributed by atoms with E-state index in [1.54, 1.807) is 0 Å². The molecule has 1 amide bonds. The number of para-hydroxylation sites is 1. The molecule has 7 heteroatoms. The van der Waals surface area contributed by atoms with E-state index in [4.69, 9.17) is 11.6 Å². The minimum absolute atomic E-state index is 0.140. The van der Waals surface area contributed by atoms with Gasteiger partial charge in [0.2, 0.25) is 5.91 Å². The summed E-state index contributed by atoms with van der Waals surface area (Å²) in [6, 6.07) is 5.64. The molecule has 0 fully saturated rings. The molecule has 1 aliphatic carbocycles. The molecular weight excluding hydrogens is 352 g/mol. The maximum atomic E-state index is 11.5. The SMILES string of the molecule is CC(C)(C)C1=CC(=CNC(=O)CCl)C(O)C(c2cccc3n[nH]nc23)=C1. The second-order valence-electron chi connectivity index (χ2n) is 7.19. The van der Waals surface area contributed by atoms with Crippen molar-refractivity contribution in [2.24, 2.45) is 5.41 Å². The van der Waals surface area contributed by atoms with E-state index in [1.165, 1.54) is 6.20 Å². The van der Waals surface area contributed by atoms with Gasteiger partial charge in [-0.25, -0.2) is 0 Å². The van der Waals surface area contributed by atoms with Crippen LogP contribution in [0.15, 0.2) is 47.7 Å². The molecule has 0 aliphatic heterocycles. The molecule has 0 saturated carbocycles. The Kier molecular flexibility index (Phi) is 4.98. The number of rotatable bonds is 3. The molecule has 136 valence electrons. The van der Waals surface area contributed by atoms with Crippen molar-refractivity contribution in [2.45, 2.75) is 26.9 Å². The van der Waals surface area contributed by atoms with Crippen molar-refractivity contribution in [3.05, 3.63) is 53.3 Å². The van der Waals surface area contributed by atoms with Crippen LogP contribution in [0.4, 0.5) is 0 Å². The largest absolute Gasteiger partial charge is 0.384 e. The number of hydrogen-bond donors (Lipinski definition) is 3. The molecule has 1 heterocycles. The van der Waals surface area contributed by atoms with Crippen LogP contribution < -0.4 is 5.32 Å². The summed E-state index contributed by atoms with van der Waals surface area (Å²) in [4.78, 5) is 11.5. The molecular formula is C19H21ClN4O2. The second-order valence-corrected chi connectivity index (χ2v) is 7.46. The molecule has 1 unspecified atom stereocenters. The lowest BCUT2D eigenvalue weighted by Crippen LogP contribution is -2.24. The minimum atomic E-state index is -0.904. The van der Waals surface area contributed by atoms with Gasteiger partial charge < -0.3 is 10.4 Å². The van der Waals surface area contributed by atoms with E-state index in [-0.39, 0.29) is 17.2 Å². The van der Waals surface area contributed by atoms with Gasteiger partial charge in [0.25, 0.3) is 0 Å². The fourth-order valence-corrected chi connectivity index (χ4v) is 2.89. The van der Waals surface area contributed by atoms with Gasteiger partial charge in [0.05, 0.1) is 0 Å². The zero-order valence-electron chi connectivity index (χ0n) is 14.9. The number of amides is 1. The van der Waals surface area contributed by atoms with E-state index in [2.05, 4.69) is 41.5 Å². The summed E-state index contributed by atoms with van der Waals surface area (Å²) in [5.41, 5.74) is 4.41. The van der Waals surface area contributed by atoms with Crippen molar-refractivity contribution in [1.29, 1.82) is 0 Å². The quantitative estimate of drug-likeness (QED) is 0.722. The summed E-state index contributed by atoms with van der Waals surface area (Å²) in [6.45, 7) is 6.28. The standard InChI is InChI=1S/C19H21ClN4O2/c1-19(2,3)12-7-11(10-21-16(25)9-20)18(26)14(8-12)13-5-4-6-15-17(13)23-24-22-15/h4-8,10,18,26H,9H2,1-3H3,(H,21,25)(H,22,23,24). The van der Waals surface area contributed by atoms with Gasteiger partial charge in [0.1, 0.15) is 23.0 Å². The number of aliphatic hydroxyl groups excluding tert-OH is 1. The van der Waals surface area contributed by atoms with Crippen molar-refractivity contribution in [1.82, 2.24) is 20.7 Å². The molecule has 1 atom stereocenters. The third-order valence-electron chi connectivity index (χ3n) is 4.29. The van der Waals surface area contributed by atoms with E-state index < -0.39 is 6.10 Å². The van der Waals surface area contributed by atoms with Gasteiger partial charge in [-0.1, -0.05) is 45.1 Å². The average molecular weight is 373 g/mol. The molecule has 3 N–H and O–H groups in total. The summed E-state index contributed by atoms with van der Waals surface area (Å²) in [7, 11) is 0. The number of carbonyl (C=O) groups is 1. The number of nitrogens with one attached hydrogen (secondary N) is 2. The van der Waals surface area contributed by atoms with Gasteiger partial charge in [-0.2, -0.15) is 15.4 Å². The number of nitrogens with zero attached hydrogens (tertiary/aromatic N) is 2. The molecule has 3 rings (SSSR count). The van der Waals surface area contributed by atoms with E-state index >= 15 is 0 Å². The lowest BCUT2D eigenvalue weighted by molar-refractivity contribution is -0.117.